The quantitative estimate of drug-likeness (QED) is 0.442. The SMILES string of the molecule is CC[C@]12c3[nH]c4ccccc4c3CCN1C(=O)C(CC(=O)NCc1ccco1)C[C@@H]2C(=O)N1CCN(C(=O)C2CC2)CC1. The summed E-state index contributed by atoms with van der Waals surface area (Å²) in [6.45, 7) is 4.84. The molecule has 0 radical (unpaired) electrons. The fraction of sp³-hybridized carbons (Fsp3) is 0.515. The van der Waals surface area contributed by atoms with E-state index in [2.05, 4.69) is 23.3 Å². The summed E-state index contributed by atoms with van der Waals surface area (Å²) in [4.78, 5) is 63.9. The molecule has 2 aromatic heterocycles. The molecule has 2 saturated heterocycles. The Morgan fingerprint density at radius 2 is 1.74 bits per heavy atom. The summed E-state index contributed by atoms with van der Waals surface area (Å²) in [6, 6.07) is 11.7. The molecule has 10 nitrogen and oxygen atoms in total. The number of aromatic amines is 1. The molecule has 1 unspecified atom stereocenters. The largest absolute Gasteiger partial charge is 0.467 e. The van der Waals surface area contributed by atoms with Gasteiger partial charge in [0.2, 0.25) is 23.6 Å². The Morgan fingerprint density at radius 1 is 1.00 bits per heavy atom. The molecule has 2 N–H and O–H groups in total. The van der Waals surface area contributed by atoms with E-state index in [0.717, 1.165) is 29.4 Å². The van der Waals surface area contributed by atoms with Crippen LogP contribution in [0.4, 0.5) is 0 Å². The molecule has 1 saturated carbocycles. The van der Waals surface area contributed by atoms with Crippen molar-refractivity contribution in [1.82, 2.24) is 25.0 Å². The first-order chi connectivity index (χ1) is 20.9. The fourth-order valence-corrected chi connectivity index (χ4v) is 7.80. The molecule has 5 heterocycles. The molecular formula is C33H39N5O5. The molecule has 3 aliphatic heterocycles. The summed E-state index contributed by atoms with van der Waals surface area (Å²) in [5.41, 5.74) is 2.31. The highest BCUT2D eigenvalue weighted by Crippen LogP contribution is 2.52. The number of amides is 4. The third-order valence-electron chi connectivity index (χ3n) is 10.2. The van der Waals surface area contributed by atoms with Gasteiger partial charge in [-0.15, -0.1) is 0 Å². The van der Waals surface area contributed by atoms with Gasteiger partial charge in [0.1, 0.15) is 5.76 Å². The van der Waals surface area contributed by atoms with Crippen LogP contribution in [0.5, 0.6) is 0 Å². The Hall–Kier alpha value is -4.08. The van der Waals surface area contributed by atoms with Gasteiger partial charge in [-0.25, -0.2) is 0 Å². The molecule has 0 spiro atoms. The molecule has 1 aliphatic carbocycles. The molecule has 3 atom stereocenters. The predicted molar refractivity (Wildman–Crippen MR) is 158 cm³/mol. The van der Waals surface area contributed by atoms with E-state index in [0.29, 0.717) is 57.7 Å². The molecule has 4 aliphatic rings. The molecule has 226 valence electrons. The molecule has 7 rings (SSSR count). The normalized spacial score (nSPS) is 25.4. The van der Waals surface area contributed by atoms with Gasteiger partial charge < -0.3 is 29.4 Å². The third kappa shape index (κ3) is 4.71. The number of carbonyl (C=O) groups is 4. The predicted octanol–water partition coefficient (Wildman–Crippen LogP) is 3.17. The number of piperazine rings is 1. The van der Waals surface area contributed by atoms with Crippen molar-refractivity contribution < 1.29 is 23.6 Å². The number of nitrogens with one attached hydrogen (secondary N) is 2. The van der Waals surface area contributed by atoms with Crippen LogP contribution >= 0.6 is 0 Å². The lowest BCUT2D eigenvalue weighted by atomic mass is 9.65. The number of H-pyrrole nitrogens is 1. The van der Waals surface area contributed by atoms with Gasteiger partial charge in [-0.1, -0.05) is 25.1 Å². The number of para-hydroxylation sites is 1. The lowest BCUT2D eigenvalue weighted by Crippen LogP contribution is -2.66. The Balaban J connectivity index is 1.19. The molecule has 43 heavy (non-hydrogen) atoms. The Labute approximate surface area is 250 Å². The van der Waals surface area contributed by atoms with Crippen molar-refractivity contribution in [2.24, 2.45) is 17.8 Å². The van der Waals surface area contributed by atoms with Gasteiger partial charge in [-0.3, -0.25) is 19.2 Å². The number of hydrogen-bond acceptors (Lipinski definition) is 5. The molecule has 10 heteroatoms. The Bertz CT molecular complexity index is 1550. The van der Waals surface area contributed by atoms with Crippen LogP contribution in [0.25, 0.3) is 10.9 Å². The van der Waals surface area contributed by atoms with E-state index in [-0.39, 0.29) is 42.5 Å². The summed E-state index contributed by atoms with van der Waals surface area (Å²) in [7, 11) is 0. The average Bonchev–Trinajstić information content (AvgIpc) is 3.61. The molecule has 1 aromatic carbocycles. The van der Waals surface area contributed by atoms with E-state index in [4.69, 9.17) is 4.42 Å². The van der Waals surface area contributed by atoms with Crippen molar-refractivity contribution in [2.75, 3.05) is 32.7 Å². The molecule has 4 amide bonds. The number of piperidine rings is 1. The number of fused-ring (bicyclic) bond motifs is 5. The third-order valence-corrected chi connectivity index (χ3v) is 10.2. The fourth-order valence-electron chi connectivity index (χ4n) is 7.80. The highest BCUT2D eigenvalue weighted by molar-refractivity contribution is 5.93. The maximum Gasteiger partial charge on any atom is 0.228 e. The lowest BCUT2D eigenvalue weighted by molar-refractivity contribution is -0.167. The number of furan rings is 1. The van der Waals surface area contributed by atoms with Crippen LogP contribution in [0, 0.1) is 17.8 Å². The first-order valence-corrected chi connectivity index (χ1v) is 15.7. The van der Waals surface area contributed by atoms with E-state index in [1.54, 1.807) is 18.4 Å². The highest BCUT2D eigenvalue weighted by Gasteiger charge is 2.59. The monoisotopic (exact) mass is 585 g/mol. The van der Waals surface area contributed by atoms with E-state index < -0.39 is 17.4 Å². The maximum atomic E-state index is 14.6. The van der Waals surface area contributed by atoms with Crippen LogP contribution in [0.3, 0.4) is 0 Å². The molecule has 3 aromatic rings. The lowest BCUT2D eigenvalue weighted by Gasteiger charge is -2.56. The summed E-state index contributed by atoms with van der Waals surface area (Å²) in [5.74, 6) is -0.407. The van der Waals surface area contributed by atoms with Crippen LogP contribution in [0.1, 0.15) is 56.0 Å². The zero-order chi connectivity index (χ0) is 29.7. The average molecular weight is 586 g/mol. The van der Waals surface area contributed by atoms with Crippen LogP contribution < -0.4 is 5.32 Å². The van der Waals surface area contributed by atoms with Crippen molar-refractivity contribution in [3.63, 3.8) is 0 Å². The van der Waals surface area contributed by atoms with Crippen LogP contribution in [0.15, 0.2) is 47.1 Å². The van der Waals surface area contributed by atoms with Gasteiger partial charge >= 0.3 is 0 Å². The van der Waals surface area contributed by atoms with Gasteiger partial charge in [-0.05, 0) is 55.9 Å². The number of benzene rings is 1. The summed E-state index contributed by atoms with van der Waals surface area (Å²) >= 11 is 0. The molecule has 0 bridgehead atoms. The summed E-state index contributed by atoms with van der Waals surface area (Å²) in [5, 5.41) is 4.01. The van der Waals surface area contributed by atoms with Crippen LogP contribution in [-0.4, -0.2) is 76.0 Å². The Morgan fingerprint density at radius 3 is 2.44 bits per heavy atom. The number of nitrogens with zero attached hydrogens (tertiary/aromatic N) is 3. The van der Waals surface area contributed by atoms with E-state index in [1.807, 2.05) is 32.9 Å². The van der Waals surface area contributed by atoms with Crippen molar-refractivity contribution in [1.29, 1.82) is 0 Å². The van der Waals surface area contributed by atoms with E-state index >= 15 is 0 Å². The van der Waals surface area contributed by atoms with Crippen molar-refractivity contribution >= 4 is 34.5 Å². The first kappa shape index (κ1) is 27.7. The van der Waals surface area contributed by atoms with E-state index in [9.17, 15) is 19.2 Å². The minimum atomic E-state index is -0.830. The van der Waals surface area contributed by atoms with Crippen molar-refractivity contribution in [3.05, 3.63) is 59.7 Å². The topological polar surface area (TPSA) is 119 Å². The van der Waals surface area contributed by atoms with Crippen molar-refractivity contribution in [3.8, 4) is 0 Å². The van der Waals surface area contributed by atoms with E-state index in [1.165, 1.54) is 5.56 Å². The number of carbonyl (C=O) groups excluding carboxylic acids is 4. The minimum Gasteiger partial charge on any atom is -0.467 e. The standard InChI is InChI=1S/C33H39N5O5/c1-2-33-26(32(42)37-15-13-36(14-16-37)30(40)21-9-10-21)18-22(19-28(39)34-20-23-6-5-17-43-23)31(41)38(33)12-11-25-24-7-3-4-8-27(24)35-29(25)33/h3-8,17,21-22,26,35H,2,9-16,18-20H2,1H3,(H,34,39)/t22?,26-,33+/m1/s1. The minimum absolute atomic E-state index is 0.00497. The first-order valence-electron chi connectivity index (χ1n) is 15.7. The van der Waals surface area contributed by atoms with Crippen molar-refractivity contribution in [2.45, 2.75) is 57.5 Å². The van der Waals surface area contributed by atoms with Gasteiger partial charge in [0.15, 0.2) is 0 Å². The summed E-state index contributed by atoms with van der Waals surface area (Å²) in [6.07, 6.45) is 5.07. The summed E-state index contributed by atoms with van der Waals surface area (Å²) < 4.78 is 5.34. The smallest absolute Gasteiger partial charge is 0.228 e. The second-order valence-corrected chi connectivity index (χ2v) is 12.5. The van der Waals surface area contributed by atoms with Crippen LogP contribution in [-0.2, 0) is 37.7 Å². The second-order valence-electron chi connectivity index (χ2n) is 12.5. The van der Waals surface area contributed by atoms with Gasteiger partial charge in [0.25, 0.3) is 0 Å². The zero-order valence-electron chi connectivity index (χ0n) is 24.6. The van der Waals surface area contributed by atoms with Crippen LogP contribution in [0.2, 0.25) is 0 Å². The number of hydrogen-bond donors (Lipinski definition) is 2. The molecule has 3 fully saturated rings. The van der Waals surface area contributed by atoms with Gasteiger partial charge in [0, 0.05) is 67.6 Å². The molecular weight excluding hydrogens is 546 g/mol. The van der Waals surface area contributed by atoms with Gasteiger partial charge in [0.05, 0.1) is 24.3 Å². The number of rotatable bonds is 7. The second kappa shape index (κ2) is 10.9. The van der Waals surface area contributed by atoms with Gasteiger partial charge in [-0.2, -0.15) is 0 Å². The Kier molecular flexibility index (Phi) is 7.02. The maximum absolute atomic E-state index is 14.6. The highest BCUT2D eigenvalue weighted by atomic mass is 16.3. The zero-order valence-corrected chi connectivity index (χ0v) is 24.6. The number of aromatic nitrogens is 1.